The van der Waals surface area contributed by atoms with E-state index in [1.807, 2.05) is 0 Å². The third-order valence-electron chi connectivity index (χ3n) is 5.78. The number of rotatable bonds is 2. The van der Waals surface area contributed by atoms with Crippen LogP contribution in [0.3, 0.4) is 0 Å². The summed E-state index contributed by atoms with van der Waals surface area (Å²) in [6, 6.07) is 13.8. The van der Waals surface area contributed by atoms with E-state index >= 15 is 0 Å². The Hall–Kier alpha value is -1.60. The molecule has 1 heteroatoms. The predicted molar refractivity (Wildman–Crippen MR) is 90.8 cm³/mol. The summed E-state index contributed by atoms with van der Waals surface area (Å²) in [6.07, 6.45) is 0. The second kappa shape index (κ2) is 4.70. The van der Waals surface area contributed by atoms with Crippen LogP contribution in [0.4, 0.5) is 0 Å². The quantitative estimate of drug-likeness (QED) is 0.730. The smallest absolute Gasteiger partial charge is 0.0725 e. The molecule has 0 amide bonds. The second-order valence-electron chi connectivity index (χ2n) is 7.38. The second-order valence-corrected chi connectivity index (χ2v) is 7.38. The molecule has 114 valence electrons. The van der Waals surface area contributed by atoms with E-state index in [1.165, 1.54) is 33.4 Å². The van der Waals surface area contributed by atoms with Crippen molar-refractivity contribution in [2.75, 3.05) is 0 Å². The van der Waals surface area contributed by atoms with Crippen LogP contribution in [0.5, 0.6) is 0 Å². The lowest BCUT2D eigenvalue weighted by atomic mass is 9.63. The maximum atomic E-state index is 5.67. The molecular weight excluding hydrogens is 268 g/mol. The van der Waals surface area contributed by atoms with Crippen molar-refractivity contribution in [3.8, 4) is 11.1 Å². The highest BCUT2D eigenvalue weighted by Crippen LogP contribution is 2.57. The molecule has 0 bridgehead atoms. The first kappa shape index (κ1) is 14.0. The normalized spacial score (nSPS) is 17.7. The fraction of sp³-hybridized carbons (Fsp3) is 0.429. The number of fused-ring (bicyclic) bond motifs is 4. The van der Waals surface area contributed by atoms with E-state index in [0.29, 0.717) is 11.8 Å². The first-order valence-corrected chi connectivity index (χ1v) is 8.40. The van der Waals surface area contributed by atoms with Crippen LogP contribution in [0, 0.1) is 11.8 Å². The van der Waals surface area contributed by atoms with Gasteiger partial charge < -0.3 is 4.74 Å². The Kier molecular flexibility index (Phi) is 2.99. The number of benzene rings is 2. The van der Waals surface area contributed by atoms with Gasteiger partial charge in [-0.1, -0.05) is 58.0 Å². The van der Waals surface area contributed by atoms with Crippen LogP contribution < -0.4 is 0 Å². The van der Waals surface area contributed by atoms with Crippen LogP contribution in [-0.4, -0.2) is 0 Å². The molecule has 0 aromatic heterocycles. The maximum Gasteiger partial charge on any atom is 0.0725 e. The van der Waals surface area contributed by atoms with Crippen molar-refractivity contribution < 1.29 is 4.74 Å². The van der Waals surface area contributed by atoms with Gasteiger partial charge in [-0.15, -0.1) is 0 Å². The summed E-state index contributed by atoms with van der Waals surface area (Å²) < 4.78 is 5.67. The summed E-state index contributed by atoms with van der Waals surface area (Å²) in [5.41, 5.74) is 8.76. The zero-order valence-electron chi connectivity index (χ0n) is 13.9. The van der Waals surface area contributed by atoms with Crippen LogP contribution in [0.1, 0.15) is 49.9 Å². The largest absolute Gasteiger partial charge is 0.372 e. The zero-order chi connectivity index (χ0) is 15.5. The number of hydrogen-bond acceptors (Lipinski definition) is 1. The van der Waals surface area contributed by atoms with Crippen LogP contribution in [0.25, 0.3) is 11.1 Å². The van der Waals surface area contributed by atoms with Crippen LogP contribution in [0.2, 0.25) is 0 Å². The highest BCUT2D eigenvalue weighted by molar-refractivity contribution is 5.82. The van der Waals surface area contributed by atoms with Gasteiger partial charge in [0.15, 0.2) is 0 Å². The van der Waals surface area contributed by atoms with Gasteiger partial charge in [-0.3, -0.25) is 0 Å². The molecule has 4 rings (SSSR count). The molecular formula is C21H24O. The Morgan fingerprint density at radius 2 is 1.45 bits per heavy atom. The molecule has 1 nitrogen and oxygen atoms in total. The van der Waals surface area contributed by atoms with Gasteiger partial charge in [0, 0.05) is 5.41 Å². The van der Waals surface area contributed by atoms with E-state index in [9.17, 15) is 0 Å². The highest BCUT2D eigenvalue weighted by atomic mass is 16.5. The summed E-state index contributed by atoms with van der Waals surface area (Å²) in [6.45, 7) is 11.0. The third-order valence-corrected chi connectivity index (χ3v) is 5.78. The minimum absolute atomic E-state index is 0.115. The molecule has 0 radical (unpaired) electrons. The summed E-state index contributed by atoms with van der Waals surface area (Å²) in [7, 11) is 0. The lowest BCUT2D eigenvalue weighted by molar-refractivity contribution is 0.134. The van der Waals surface area contributed by atoms with Crippen molar-refractivity contribution in [2.45, 2.75) is 46.3 Å². The highest BCUT2D eigenvalue weighted by Gasteiger charge is 2.48. The Balaban J connectivity index is 2.10. The van der Waals surface area contributed by atoms with Crippen molar-refractivity contribution in [2.24, 2.45) is 11.8 Å². The monoisotopic (exact) mass is 292 g/mol. The Morgan fingerprint density at radius 1 is 0.818 bits per heavy atom. The van der Waals surface area contributed by atoms with Crippen molar-refractivity contribution in [1.82, 2.24) is 0 Å². The van der Waals surface area contributed by atoms with Gasteiger partial charge >= 0.3 is 0 Å². The van der Waals surface area contributed by atoms with E-state index in [4.69, 9.17) is 4.74 Å². The minimum atomic E-state index is 0.115. The molecule has 0 saturated carbocycles. The molecule has 0 atom stereocenters. The molecule has 0 unspecified atom stereocenters. The van der Waals surface area contributed by atoms with Crippen molar-refractivity contribution in [1.29, 1.82) is 0 Å². The lowest BCUT2D eigenvalue weighted by Gasteiger charge is -2.40. The first-order valence-electron chi connectivity index (χ1n) is 8.40. The van der Waals surface area contributed by atoms with Crippen molar-refractivity contribution in [3.05, 3.63) is 58.7 Å². The Morgan fingerprint density at radius 3 is 2.14 bits per heavy atom. The zero-order valence-corrected chi connectivity index (χ0v) is 13.9. The fourth-order valence-electron chi connectivity index (χ4n) is 4.93. The summed E-state index contributed by atoms with van der Waals surface area (Å²) >= 11 is 0. The van der Waals surface area contributed by atoms with Gasteiger partial charge in [-0.25, -0.2) is 0 Å². The van der Waals surface area contributed by atoms with Crippen molar-refractivity contribution in [3.63, 3.8) is 0 Å². The Labute approximate surface area is 133 Å². The topological polar surface area (TPSA) is 9.23 Å². The molecule has 2 aromatic carbocycles. The van der Waals surface area contributed by atoms with Crippen LogP contribution >= 0.6 is 0 Å². The van der Waals surface area contributed by atoms with Gasteiger partial charge in [-0.2, -0.15) is 0 Å². The molecule has 1 aliphatic heterocycles. The summed E-state index contributed by atoms with van der Waals surface area (Å²) in [5, 5.41) is 0. The first-order chi connectivity index (χ1) is 10.6. The van der Waals surface area contributed by atoms with Gasteiger partial charge in [0.05, 0.1) is 13.2 Å². The summed E-state index contributed by atoms with van der Waals surface area (Å²) in [4.78, 5) is 0. The van der Waals surface area contributed by atoms with E-state index in [0.717, 1.165) is 13.2 Å². The van der Waals surface area contributed by atoms with Crippen LogP contribution in [-0.2, 0) is 23.4 Å². The lowest BCUT2D eigenvalue weighted by Crippen LogP contribution is -2.37. The van der Waals surface area contributed by atoms with Gasteiger partial charge in [0.1, 0.15) is 0 Å². The van der Waals surface area contributed by atoms with Gasteiger partial charge in [-0.05, 0) is 51.3 Å². The van der Waals surface area contributed by atoms with E-state index in [-0.39, 0.29) is 5.41 Å². The SMILES string of the molecule is CC(C)C1(C(C)C)c2ccccc2-c2cc3c(cc21)COC3. The third kappa shape index (κ3) is 1.58. The molecule has 22 heavy (non-hydrogen) atoms. The van der Waals surface area contributed by atoms with Crippen LogP contribution in [0.15, 0.2) is 36.4 Å². The van der Waals surface area contributed by atoms with Crippen molar-refractivity contribution >= 4 is 0 Å². The van der Waals surface area contributed by atoms with Gasteiger partial charge in [0.25, 0.3) is 0 Å². The summed E-state index contributed by atoms with van der Waals surface area (Å²) in [5.74, 6) is 1.13. The minimum Gasteiger partial charge on any atom is -0.372 e. The molecule has 0 saturated heterocycles. The molecule has 2 aromatic rings. The molecule has 1 heterocycles. The standard InChI is InChI=1S/C21H24O/c1-13(2)21(14(3)4)19-8-6-5-7-17(19)18-9-15-11-22-12-16(15)10-20(18)21/h5-10,13-14H,11-12H2,1-4H3. The fourth-order valence-corrected chi connectivity index (χ4v) is 4.93. The predicted octanol–water partition coefficient (Wildman–Crippen LogP) is 5.30. The number of ether oxygens (including phenoxy) is 1. The molecule has 0 fully saturated rings. The van der Waals surface area contributed by atoms with E-state index in [1.54, 1.807) is 0 Å². The van der Waals surface area contributed by atoms with Gasteiger partial charge in [0.2, 0.25) is 0 Å². The average molecular weight is 292 g/mol. The molecule has 0 spiro atoms. The average Bonchev–Trinajstić information content (AvgIpc) is 3.04. The molecule has 2 aliphatic rings. The Bertz CT molecular complexity index is 732. The molecule has 0 N–H and O–H groups in total. The maximum absolute atomic E-state index is 5.67. The number of hydrogen-bond donors (Lipinski definition) is 0. The molecule has 1 aliphatic carbocycles. The van der Waals surface area contributed by atoms with E-state index in [2.05, 4.69) is 64.1 Å². The van der Waals surface area contributed by atoms with E-state index < -0.39 is 0 Å².